The van der Waals surface area contributed by atoms with Gasteiger partial charge in [-0.1, -0.05) is 12.2 Å². The van der Waals surface area contributed by atoms with Crippen LogP contribution < -0.4 is 9.64 Å². The van der Waals surface area contributed by atoms with Crippen molar-refractivity contribution in [2.75, 3.05) is 45.3 Å². The van der Waals surface area contributed by atoms with Gasteiger partial charge in [0.05, 0.1) is 25.0 Å². The highest BCUT2D eigenvalue weighted by Crippen LogP contribution is 2.59. The highest BCUT2D eigenvalue weighted by Gasteiger charge is 2.74. The van der Waals surface area contributed by atoms with Crippen LogP contribution in [0.3, 0.4) is 0 Å². The highest BCUT2D eigenvalue weighted by molar-refractivity contribution is 6.05. The van der Waals surface area contributed by atoms with E-state index in [0.29, 0.717) is 50.2 Å². The van der Waals surface area contributed by atoms with Gasteiger partial charge in [0.1, 0.15) is 17.4 Å². The van der Waals surface area contributed by atoms with Crippen LogP contribution in [0.15, 0.2) is 49.6 Å². The molecule has 1 N–H and O–H groups in total. The molecule has 9 nitrogen and oxygen atoms in total. The van der Waals surface area contributed by atoms with Crippen LogP contribution in [0.4, 0.5) is 5.69 Å². The predicted molar refractivity (Wildman–Crippen MR) is 139 cm³/mol. The molecule has 2 unspecified atom stereocenters. The number of hydrogen-bond acceptors (Lipinski definition) is 6. The number of benzene rings is 1. The average molecular weight is 512 g/mol. The number of carbonyl (C=O) groups excluding carboxylic acids is 3. The first-order valence-corrected chi connectivity index (χ1v) is 12.9. The summed E-state index contributed by atoms with van der Waals surface area (Å²) in [6, 6.07) is 6.27. The summed E-state index contributed by atoms with van der Waals surface area (Å²) in [5, 5.41) is 9.34. The third-order valence-electron chi connectivity index (χ3n) is 7.87. The van der Waals surface area contributed by atoms with Crippen LogP contribution >= 0.6 is 0 Å². The minimum Gasteiger partial charge on any atom is -0.497 e. The van der Waals surface area contributed by atoms with E-state index in [-0.39, 0.29) is 30.9 Å². The molecule has 2 bridgehead atoms. The Hall–Kier alpha value is -3.17. The van der Waals surface area contributed by atoms with Crippen LogP contribution in [0.2, 0.25) is 0 Å². The van der Waals surface area contributed by atoms with Gasteiger partial charge in [-0.25, -0.2) is 0 Å². The third-order valence-corrected chi connectivity index (χ3v) is 7.87. The van der Waals surface area contributed by atoms with E-state index in [1.54, 1.807) is 65.3 Å². The molecule has 3 aliphatic heterocycles. The van der Waals surface area contributed by atoms with Crippen molar-refractivity contribution >= 4 is 23.4 Å². The van der Waals surface area contributed by atoms with Crippen LogP contribution in [0.25, 0.3) is 0 Å². The van der Waals surface area contributed by atoms with Gasteiger partial charge in [-0.2, -0.15) is 0 Å². The van der Waals surface area contributed by atoms with Gasteiger partial charge in [0.2, 0.25) is 11.8 Å². The summed E-state index contributed by atoms with van der Waals surface area (Å²) in [6.07, 6.45) is 5.07. The SMILES string of the molecule is C=CCN(C)C(=O)[C@@H]1[C@@H]2CCC3(O2)C(C(=O)N(CC=C)c2ccc(OC)cc2)N(CCCCO)C(=O)[C@H]13. The third kappa shape index (κ3) is 4.55. The van der Waals surface area contributed by atoms with Crippen molar-refractivity contribution in [2.45, 2.75) is 43.4 Å². The summed E-state index contributed by atoms with van der Waals surface area (Å²) in [5.74, 6) is -1.35. The maximum atomic E-state index is 14.3. The van der Waals surface area contributed by atoms with Crippen molar-refractivity contribution in [2.24, 2.45) is 11.8 Å². The van der Waals surface area contributed by atoms with Crippen LogP contribution in [0.1, 0.15) is 25.7 Å². The van der Waals surface area contributed by atoms with Crippen molar-refractivity contribution in [3.8, 4) is 5.75 Å². The smallest absolute Gasteiger partial charge is 0.253 e. The Morgan fingerprint density at radius 1 is 1.19 bits per heavy atom. The zero-order valence-corrected chi connectivity index (χ0v) is 21.7. The molecular weight excluding hydrogens is 474 g/mol. The summed E-state index contributed by atoms with van der Waals surface area (Å²) in [6.45, 7) is 8.45. The Bertz CT molecular complexity index is 1040. The van der Waals surface area contributed by atoms with Crippen LogP contribution in [-0.4, -0.2) is 90.8 Å². The normalized spacial score (nSPS) is 27.6. The van der Waals surface area contributed by atoms with Crippen molar-refractivity contribution < 1.29 is 29.0 Å². The Morgan fingerprint density at radius 3 is 2.51 bits per heavy atom. The quantitative estimate of drug-likeness (QED) is 0.341. The number of anilines is 1. The predicted octanol–water partition coefficient (Wildman–Crippen LogP) is 2.01. The molecule has 3 fully saturated rings. The first-order chi connectivity index (χ1) is 17.8. The van der Waals surface area contributed by atoms with Crippen LogP contribution in [0, 0.1) is 11.8 Å². The Morgan fingerprint density at radius 2 is 1.89 bits per heavy atom. The van der Waals surface area contributed by atoms with E-state index in [2.05, 4.69) is 13.2 Å². The molecule has 1 aromatic rings. The fourth-order valence-corrected chi connectivity index (χ4v) is 6.25. The Balaban J connectivity index is 1.73. The topological polar surface area (TPSA) is 99.6 Å². The van der Waals surface area contributed by atoms with Gasteiger partial charge in [0, 0.05) is 39.0 Å². The number of amides is 3. The molecular formula is C28H37N3O6. The molecule has 37 heavy (non-hydrogen) atoms. The zero-order valence-electron chi connectivity index (χ0n) is 21.7. The van der Waals surface area contributed by atoms with E-state index in [0.717, 1.165) is 0 Å². The maximum absolute atomic E-state index is 14.3. The molecule has 5 atom stereocenters. The maximum Gasteiger partial charge on any atom is 0.253 e. The second kappa shape index (κ2) is 11.1. The van der Waals surface area contributed by atoms with Crippen molar-refractivity contribution in [1.29, 1.82) is 0 Å². The molecule has 9 heteroatoms. The molecule has 3 heterocycles. The van der Waals surface area contributed by atoms with E-state index >= 15 is 0 Å². The van der Waals surface area contributed by atoms with E-state index in [4.69, 9.17) is 9.47 Å². The van der Waals surface area contributed by atoms with Gasteiger partial charge in [0.25, 0.3) is 5.91 Å². The first-order valence-electron chi connectivity index (χ1n) is 12.9. The second-order valence-corrected chi connectivity index (χ2v) is 9.96. The molecule has 0 aromatic heterocycles. The number of carbonyl (C=O) groups is 3. The van der Waals surface area contributed by atoms with Crippen LogP contribution in [-0.2, 0) is 19.1 Å². The van der Waals surface area contributed by atoms with Crippen molar-refractivity contribution in [3.63, 3.8) is 0 Å². The molecule has 3 saturated heterocycles. The van der Waals surface area contributed by atoms with E-state index in [1.165, 1.54) is 0 Å². The monoisotopic (exact) mass is 511 g/mol. The number of unbranched alkanes of at least 4 members (excludes halogenated alkanes) is 1. The molecule has 3 aliphatic rings. The zero-order chi connectivity index (χ0) is 26.7. The summed E-state index contributed by atoms with van der Waals surface area (Å²) < 4.78 is 11.8. The minimum atomic E-state index is -1.07. The summed E-state index contributed by atoms with van der Waals surface area (Å²) in [7, 11) is 3.27. The number of fused-ring (bicyclic) bond motifs is 1. The number of aliphatic hydroxyl groups excluding tert-OH is 1. The molecule has 4 rings (SSSR count). The van der Waals surface area contributed by atoms with Gasteiger partial charge >= 0.3 is 0 Å². The molecule has 0 radical (unpaired) electrons. The fourth-order valence-electron chi connectivity index (χ4n) is 6.25. The summed E-state index contributed by atoms with van der Waals surface area (Å²) in [5.41, 5.74) is -0.418. The highest BCUT2D eigenvalue weighted by atomic mass is 16.5. The minimum absolute atomic E-state index is 0.00428. The van der Waals surface area contributed by atoms with Crippen LogP contribution in [0.5, 0.6) is 5.75 Å². The Kier molecular flexibility index (Phi) is 8.04. The van der Waals surface area contributed by atoms with Crippen molar-refractivity contribution in [3.05, 3.63) is 49.6 Å². The number of likely N-dealkylation sites (N-methyl/N-ethyl adjacent to an activating group) is 1. The van der Waals surface area contributed by atoms with E-state index in [9.17, 15) is 19.5 Å². The fraction of sp³-hybridized carbons (Fsp3) is 0.536. The van der Waals surface area contributed by atoms with Gasteiger partial charge < -0.3 is 29.3 Å². The largest absolute Gasteiger partial charge is 0.497 e. The number of nitrogens with zero attached hydrogens (tertiary/aromatic N) is 3. The Labute approximate surface area is 218 Å². The lowest BCUT2D eigenvalue weighted by atomic mass is 9.70. The standard InChI is InChI=1S/C28H37N3O6/c1-5-15-29(3)25(33)22-21-13-14-28(37-21)23(22)26(34)31(17-7-8-18-32)24(28)27(35)30(16-6-2)19-9-11-20(36-4)12-10-19/h5-6,9-12,21-24,32H,1-2,7-8,13-18H2,3-4H3/t21-,22+,23-,24?,28?/m0/s1. The molecule has 0 saturated carbocycles. The lowest BCUT2D eigenvalue weighted by Gasteiger charge is -2.37. The van der Waals surface area contributed by atoms with Gasteiger partial charge in [0.15, 0.2) is 0 Å². The van der Waals surface area contributed by atoms with Gasteiger partial charge in [-0.3, -0.25) is 14.4 Å². The number of aliphatic hydroxyl groups is 1. The first kappa shape index (κ1) is 26.9. The lowest BCUT2D eigenvalue weighted by Crippen LogP contribution is -2.56. The molecule has 200 valence electrons. The number of methoxy groups -OCH3 is 1. The number of likely N-dealkylation sites (tertiary alicyclic amines) is 1. The molecule has 3 amide bonds. The van der Waals surface area contributed by atoms with Gasteiger partial charge in [-0.05, 0) is 49.9 Å². The van der Waals surface area contributed by atoms with E-state index in [1.807, 2.05) is 0 Å². The summed E-state index contributed by atoms with van der Waals surface area (Å²) >= 11 is 0. The average Bonchev–Trinajstić information content (AvgIpc) is 3.54. The second-order valence-electron chi connectivity index (χ2n) is 9.96. The number of hydrogen-bond donors (Lipinski definition) is 1. The molecule has 0 aliphatic carbocycles. The lowest BCUT2D eigenvalue weighted by molar-refractivity contribution is -0.144. The summed E-state index contributed by atoms with van der Waals surface area (Å²) in [4.78, 5) is 46.5. The van der Waals surface area contributed by atoms with E-state index < -0.39 is 29.6 Å². The number of ether oxygens (including phenoxy) is 2. The van der Waals surface area contributed by atoms with Crippen molar-refractivity contribution in [1.82, 2.24) is 9.80 Å². The molecule has 1 spiro atoms. The van der Waals surface area contributed by atoms with Gasteiger partial charge in [-0.15, -0.1) is 13.2 Å². The number of rotatable bonds is 12. The molecule has 1 aromatic carbocycles.